The molecule has 30 heavy (non-hydrogen) atoms. The number of carbonyl (C=O) groups excluding carboxylic acids is 1. The predicted octanol–water partition coefficient (Wildman–Crippen LogP) is 4.25. The molecule has 0 amide bonds. The van der Waals surface area contributed by atoms with E-state index in [0.717, 1.165) is 41.5 Å². The van der Waals surface area contributed by atoms with E-state index >= 15 is 0 Å². The molecular weight excluding hydrogens is 380 g/mol. The van der Waals surface area contributed by atoms with Crippen LogP contribution < -0.4 is 10.5 Å². The number of anilines is 1. The fourth-order valence-electron chi connectivity index (χ4n) is 3.80. The van der Waals surface area contributed by atoms with Crippen molar-refractivity contribution in [3.63, 3.8) is 0 Å². The SMILES string of the molecule is Nc1ncnc2c1c(-c1ccc(Oc3ccc(C=O)cc3)cc1)cn2C1CCOC1. The van der Waals surface area contributed by atoms with E-state index in [1.807, 2.05) is 24.3 Å². The van der Waals surface area contributed by atoms with Crippen LogP contribution in [0.25, 0.3) is 22.2 Å². The number of fused-ring (bicyclic) bond motifs is 1. The second-order valence-electron chi connectivity index (χ2n) is 7.24. The highest BCUT2D eigenvalue weighted by atomic mass is 16.5. The third-order valence-corrected chi connectivity index (χ3v) is 5.35. The molecule has 1 saturated heterocycles. The number of nitrogen functional groups attached to an aromatic ring is 1. The van der Waals surface area contributed by atoms with Gasteiger partial charge in [0.2, 0.25) is 0 Å². The van der Waals surface area contributed by atoms with E-state index < -0.39 is 0 Å². The minimum absolute atomic E-state index is 0.243. The third kappa shape index (κ3) is 3.29. The monoisotopic (exact) mass is 400 g/mol. The van der Waals surface area contributed by atoms with Crippen molar-refractivity contribution in [3.8, 4) is 22.6 Å². The second kappa shape index (κ2) is 7.61. The van der Waals surface area contributed by atoms with Crippen molar-refractivity contribution < 1.29 is 14.3 Å². The molecule has 1 atom stereocenters. The maximum absolute atomic E-state index is 10.8. The van der Waals surface area contributed by atoms with Crippen molar-refractivity contribution in [2.75, 3.05) is 18.9 Å². The van der Waals surface area contributed by atoms with Gasteiger partial charge in [0.15, 0.2) is 0 Å². The zero-order valence-electron chi connectivity index (χ0n) is 16.2. The number of nitrogens with two attached hydrogens (primary N) is 1. The molecule has 7 nitrogen and oxygen atoms in total. The Bertz CT molecular complexity index is 1190. The lowest BCUT2D eigenvalue weighted by molar-refractivity contribution is 0.112. The maximum atomic E-state index is 10.8. The number of benzene rings is 2. The molecule has 0 spiro atoms. The van der Waals surface area contributed by atoms with Gasteiger partial charge in [0.1, 0.15) is 35.6 Å². The van der Waals surface area contributed by atoms with Gasteiger partial charge in [-0.15, -0.1) is 0 Å². The highest BCUT2D eigenvalue weighted by Crippen LogP contribution is 2.36. The first-order chi connectivity index (χ1) is 14.7. The van der Waals surface area contributed by atoms with E-state index in [9.17, 15) is 4.79 Å². The topological polar surface area (TPSA) is 92.3 Å². The summed E-state index contributed by atoms with van der Waals surface area (Å²) in [4.78, 5) is 19.5. The van der Waals surface area contributed by atoms with Gasteiger partial charge in [0.05, 0.1) is 18.0 Å². The van der Waals surface area contributed by atoms with Crippen molar-refractivity contribution in [2.24, 2.45) is 0 Å². The fraction of sp³-hybridized carbons (Fsp3) is 0.174. The molecule has 1 unspecified atom stereocenters. The number of aromatic nitrogens is 3. The molecular formula is C23H20N4O3. The van der Waals surface area contributed by atoms with Crippen LogP contribution in [0, 0.1) is 0 Å². The van der Waals surface area contributed by atoms with Crippen molar-refractivity contribution in [3.05, 3.63) is 66.6 Å². The molecule has 0 aliphatic carbocycles. The number of rotatable bonds is 5. The lowest BCUT2D eigenvalue weighted by atomic mass is 10.1. The van der Waals surface area contributed by atoms with E-state index in [1.165, 1.54) is 6.33 Å². The molecule has 1 fully saturated rings. The molecule has 2 aromatic carbocycles. The van der Waals surface area contributed by atoms with Gasteiger partial charge < -0.3 is 19.8 Å². The fourth-order valence-corrected chi connectivity index (χ4v) is 3.80. The minimum Gasteiger partial charge on any atom is -0.457 e. The average molecular weight is 400 g/mol. The predicted molar refractivity (Wildman–Crippen MR) is 114 cm³/mol. The van der Waals surface area contributed by atoms with Gasteiger partial charge in [-0.25, -0.2) is 9.97 Å². The van der Waals surface area contributed by atoms with E-state index in [2.05, 4.69) is 20.7 Å². The van der Waals surface area contributed by atoms with Crippen LogP contribution in [0.2, 0.25) is 0 Å². The molecule has 150 valence electrons. The van der Waals surface area contributed by atoms with Crippen LogP contribution in [0.1, 0.15) is 22.8 Å². The van der Waals surface area contributed by atoms with Crippen molar-refractivity contribution in [2.45, 2.75) is 12.5 Å². The van der Waals surface area contributed by atoms with Crippen LogP contribution in [0.15, 0.2) is 61.1 Å². The standard InChI is InChI=1S/C23H20N4O3/c24-22-21-20(11-27(17-9-10-29-13-17)23(21)26-14-25-22)16-3-7-19(8-4-16)30-18-5-1-15(12-28)2-6-18/h1-8,11-12,14,17H,9-10,13H2,(H2,24,25,26). The normalized spacial score (nSPS) is 16.1. The Hall–Kier alpha value is -3.71. The van der Waals surface area contributed by atoms with Gasteiger partial charge in [-0.3, -0.25) is 4.79 Å². The summed E-state index contributed by atoms with van der Waals surface area (Å²) in [5.41, 5.74) is 9.64. The minimum atomic E-state index is 0.243. The molecule has 2 aromatic heterocycles. The molecule has 0 saturated carbocycles. The van der Waals surface area contributed by atoms with Crippen LogP contribution in [0.5, 0.6) is 11.5 Å². The molecule has 0 radical (unpaired) electrons. The van der Waals surface area contributed by atoms with Crippen LogP contribution >= 0.6 is 0 Å². The molecule has 1 aliphatic rings. The summed E-state index contributed by atoms with van der Waals surface area (Å²) in [6, 6.07) is 15.0. The molecule has 4 aromatic rings. The van der Waals surface area contributed by atoms with Crippen LogP contribution in [-0.4, -0.2) is 34.0 Å². The van der Waals surface area contributed by atoms with Gasteiger partial charge in [-0.2, -0.15) is 0 Å². The van der Waals surface area contributed by atoms with E-state index in [1.54, 1.807) is 24.3 Å². The molecule has 3 heterocycles. The highest BCUT2D eigenvalue weighted by Gasteiger charge is 2.23. The summed E-state index contributed by atoms with van der Waals surface area (Å²) in [5.74, 6) is 1.84. The summed E-state index contributed by atoms with van der Waals surface area (Å²) in [7, 11) is 0. The summed E-state index contributed by atoms with van der Waals surface area (Å²) in [6.07, 6.45) is 5.34. The Morgan fingerprint density at radius 2 is 1.80 bits per heavy atom. The van der Waals surface area contributed by atoms with Gasteiger partial charge in [-0.1, -0.05) is 12.1 Å². The summed E-state index contributed by atoms with van der Waals surface area (Å²) >= 11 is 0. The second-order valence-corrected chi connectivity index (χ2v) is 7.24. The quantitative estimate of drug-likeness (QED) is 0.504. The highest BCUT2D eigenvalue weighted by molar-refractivity contribution is 6.00. The summed E-state index contributed by atoms with van der Waals surface area (Å²) < 4.78 is 13.6. The zero-order chi connectivity index (χ0) is 20.5. The van der Waals surface area contributed by atoms with E-state index in [0.29, 0.717) is 29.5 Å². The number of ether oxygens (including phenoxy) is 2. The molecule has 5 rings (SSSR count). The number of nitrogens with zero attached hydrogens (tertiary/aromatic N) is 3. The van der Waals surface area contributed by atoms with Gasteiger partial charge in [0, 0.05) is 23.9 Å². The molecule has 7 heteroatoms. The number of hydrogen-bond donors (Lipinski definition) is 1. The van der Waals surface area contributed by atoms with Crippen molar-refractivity contribution in [1.82, 2.24) is 14.5 Å². The molecule has 0 bridgehead atoms. The van der Waals surface area contributed by atoms with Crippen molar-refractivity contribution in [1.29, 1.82) is 0 Å². The number of carbonyl (C=O) groups is 1. The van der Waals surface area contributed by atoms with Gasteiger partial charge >= 0.3 is 0 Å². The largest absolute Gasteiger partial charge is 0.457 e. The van der Waals surface area contributed by atoms with E-state index in [4.69, 9.17) is 15.2 Å². The Kier molecular flexibility index (Phi) is 4.65. The third-order valence-electron chi connectivity index (χ3n) is 5.35. The Morgan fingerprint density at radius 3 is 2.47 bits per heavy atom. The lowest BCUT2D eigenvalue weighted by Gasteiger charge is -2.10. The van der Waals surface area contributed by atoms with Crippen molar-refractivity contribution >= 4 is 23.1 Å². The summed E-state index contributed by atoms with van der Waals surface area (Å²) in [5, 5.41) is 0.850. The number of aldehydes is 1. The number of hydrogen-bond acceptors (Lipinski definition) is 6. The summed E-state index contributed by atoms with van der Waals surface area (Å²) in [6.45, 7) is 1.42. The van der Waals surface area contributed by atoms with E-state index in [-0.39, 0.29) is 6.04 Å². The smallest absolute Gasteiger partial charge is 0.150 e. The zero-order valence-corrected chi connectivity index (χ0v) is 16.2. The first-order valence-electron chi connectivity index (χ1n) is 9.75. The molecule has 2 N–H and O–H groups in total. The Morgan fingerprint density at radius 1 is 1.07 bits per heavy atom. The lowest BCUT2D eigenvalue weighted by Crippen LogP contribution is -2.08. The average Bonchev–Trinajstić information content (AvgIpc) is 3.43. The van der Waals surface area contributed by atoms with Crippen LogP contribution in [-0.2, 0) is 4.74 Å². The Labute approximate surface area is 173 Å². The molecule has 1 aliphatic heterocycles. The first kappa shape index (κ1) is 18.3. The van der Waals surface area contributed by atoms with Gasteiger partial charge in [-0.05, 0) is 48.4 Å². The van der Waals surface area contributed by atoms with Crippen LogP contribution in [0.4, 0.5) is 5.82 Å². The first-order valence-corrected chi connectivity index (χ1v) is 9.75. The maximum Gasteiger partial charge on any atom is 0.150 e. The van der Waals surface area contributed by atoms with Crippen LogP contribution in [0.3, 0.4) is 0 Å². The van der Waals surface area contributed by atoms with Gasteiger partial charge in [0.25, 0.3) is 0 Å². The Balaban J connectivity index is 1.48.